The van der Waals surface area contributed by atoms with Gasteiger partial charge in [-0.25, -0.2) is 36.3 Å². The minimum Gasteiger partial charge on any atom is -0.324 e. The van der Waals surface area contributed by atoms with E-state index in [0.717, 1.165) is 6.07 Å². The number of para-hydroxylation sites is 1. The van der Waals surface area contributed by atoms with Crippen LogP contribution in [-0.2, 0) is 26.3 Å². The largest absolute Gasteiger partial charge is 0.324 e. The normalized spacial score (nSPS) is 11.9. The number of aromatic nitrogens is 2. The number of carbonyl (C=O) groups excluding carboxylic acids is 1. The molecule has 0 saturated heterocycles. The van der Waals surface area contributed by atoms with E-state index in [1.54, 1.807) is 32.0 Å². The molecule has 4 rings (SSSR count). The standard InChI is InChI=1S/C27H25ClFN5O5S2/c1-16(2)40(36,37)24-9-4-3-6-17(24)14-23-20(26(35)34-25-21(28)7-5-8-22(25)29)15-31-27(33-23)32-18-10-12-19(13-11-18)41(30,38)39/h3-13,15-16H,14H2,1-2H3,(H,34,35)(H2,30,38,39)(H,31,32,33). The summed E-state index contributed by atoms with van der Waals surface area (Å²) in [6.45, 7) is 3.13. The lowest BCUT2D eigenvalue weighted by Gasteiger charge is -2.16. The monoisotopic (exact) mass is 617 g/mol. The number of sulfone groups is 1. The average Bonchev–Trinajstić information content (AvgIpc) is 2.91. The minimum atomic E-state index is -3.89. The highest BCUT2D eigenvalue weighted by molar-refractivity contribution is 7.92. The van der Waals surface area contributed by atoms with Crippen molar-refractivity contribution in [2.24, 2.45) is 5.14 Å². The summed E-state index contributed by atoms with van der Waals surface area (Å²) in [6.07, 6.45) is 1.13. The van der Waals surface area contributed by atoms with Crippen molar-refractivity contribution in [3.05, 3.63) is 101 Å². The maximum Gasteiger partial charge on any atom is 0.259 e. The molecule has 0 aliphatic carbocycles. The molecule has 0 spiro atoms. The molecule has 0 saturated carbocycles. The number of amides is 1. The predicted molar refractivity (Wildman–Crippen MR) is 154 cm³/mol. The SMILES string of the molecule is CC(C)S(=O)(=O)c1ccccc1Cc1nc(Nc2ccc(S(N)(=O)=O)cc2)ncc1C(=O)Nc1c(F)cccc1Cl. The molecule has 0 aliphatic rings. The number of anilines is 3. The maximum absolute atomic E-state index is 14.4. The van der Waals surface area contributed by atoms with Gasteiger partial charge in [-0.1, -0.05) is 35.9 Å². The van der Waals surface area contributed by atoms with E-state index in [9.17, 15) is 26.0 Å². The Kier molecular flexibility index (Phi) is 8.73. The number of rotatable bonds is 9. The van der Waals surface area contributed by atoms with Crippen molar-refractivity contribution in [2.75, 3.05) is 10.6 Å². The van der Waals surface area contributed by atoms with Crippen molar-refractivity contribution in [3.63, 3.8) is 0 Å². The number of carbonyl (C=O) groups is 1. The first kappa shape index (κ1) is 30.1. The molecule has 4 N–H and O–H groups in total. The van der Waals surface area contributed by atoms with Crippen LogP contribution in [0.15, 0.2) is 82.7 Å². The van der Waals surface area contributed by atoms with Gasteiger partial charge >= 0.3 is 0 Å². The van der Waals surface area contributed by atoms with Crippen LogP contribution in [0, 0.1) is 5.82 Å². The summed E-state index contributed by atoms with van der Waals surface area (Å²) in [5.41, 5.74) is 0.670. The fourth-order valence-electron chi connectivity index (χ4n) is 3.82. The van der Waals surface area contributed by atoms with Crippen molar-refractivity contribution in [1.82, 2.24) is 9.97 Å². The number of halogens is 2. The van der Waals surface area contributed by atoms with Crippen LogP contribution in [0.2, 0.25) is 5.02 Å². The Morgan fingerprint density at radius 3 is 2.32 bits per heavy atom. The summed E-state index contributed by atoms with van der Waals surface area (Å²) in [5.74, 6) is -1.48. The third-order valence-corrected chi connectivity index (χ3v) is 9.51. The fraction of sp³-hybridized carbons (Fsp3) is 0.148. The molecule has 0 atom stereocenters. The van der Waals surface area contributed by atoms with E-state index >= 15 is 0 Å². The van der Waals surface area contributed by atoms with Crippen molar-refractivity contribution in [1.29, 1.82) is 0 Å². The number of nitrogens with zero attached hydrogens (tertiary/aromatic N) is 2. The lowest BCUT2D eigenvalue weighted by atomic mass is 10.1. The summed E-state index contributed by atoms with van der Waals surface area (Å²) in [6, 6.07) is 15.8. The van der Waals surface area contributed by atoms with Gasteiger partial charge in [-0.05, 0) is 61.9 Å². The van der Waals surface area contributed by atoms with Gasteiger partial charge in [0.1, 0.15) is 5.82 Å². The van der Waals surface area contributed by atoms with E-state index in [-0.39, 0.29) is 44.1 Å². The van der Waals surface area contributed by atoms with Crippen LogP contribution < -0.4 is 15.8 Å². The van der Waals surface area contributed by atoms with Gasteiger partial charge in [0, 0.05) is 18.3 Å². The highest BCUT2D eigenvalue weighted by Crippen LogP contribution is 2.28. The number of sulfonamides is 1. The lowest BCUT2D eigenvalue weighted by Crippen LogP contribution is -2.19. The van der Waals surface area contributed by atoms with Gasteiger partial charge in [-0.3, -0.25) is 4.79 Å². The fourth-order valence-corrected chi connectivity index (χ4v) is 5.83. The Bertz CT molecular complexity index is 1810. The zero-order chi connectivity index (χ0) is 29.9. The lowest BCUT2D eigenvalue weighted by molar-refractivity contribution is 0.102. The molecular weight excluding hydrogens is 593 g/mol. The van der Waals surface area contributed by atoms with Crippen LogP contribution in [0.25, 0.3) is 0 Å². The van der Waals surface area contributed by atoms with Gasteiger partial charge in [-0.2, -0.15) is 0 Å². The highest BCUT2D eigenvalue weighted by atomic mass is 35.5. The third kappa shape index (κ3) is 6.88. The van der Waals surface area contributed by atoms with Crippen molar-refractivity contribution < 1.29 is 26.0 Å². The minimum absolute atomic E-state index is 0.0181. The van der Waals surface area contributed by atoms with Crippen LogP contribution in [0.5, 0.6) is 0 Å². The van der Waals surface area contributed by atoms with E-state index < -0.39 is 36.8 Å². The van der Waals surface area contributed by atoms with E-state index in [1.807, 2.05) is 0 Å². The van der Waals surface area contributed by atoms with Gasteiger partial charge in [0.05, 0.1) is 37.0 Å². The maximum atomic E-state index is 14.4. The molecular formula is C27H25ClFN5O5S2. The Balaban J connectivity index is 1.76. The van der Waals surface area contributed by atoms with Gasteiger partial charge in [0.25, 0.3) is 5.91 Å². The van der Waals surface area contributed by atoms with Crippen LogP contribution in [-0.4, -0.2) is 38.0 Å². The first-order valence-corrected chi connectivity index (χ1v) is 15.6. The molecule has 1 heterocycles. The predicted octanol–water partition coefficient (Wildman–Crippen LogP) is 4.69. The second-order valence-corrected chi connectivity index (χ2v) is 13.6. The number of nitrogens with two attached hydrogens (primary N) is 1. The van der Waals surface area contributed by atoms with Gasteiger partial charge < -0.3 is 10.6 Å². The van der Waals surface area contributed by atoms with Gasteiger partial charge in [0.2, 0.25) is 16.0 Å². The molecule has 1 amide bonds. The zero-order valence-electron chi connectivity index (χ0n) is 21.8. The first-order chi connectivity index (χ1) is 19.3. The second-order valence-electron chi connectivity index (χ2n) is 9.18. The van der Waals surface area contributed by atoms with Crippen LogP contribution in [0.3, 0.4) is 0 Å². The summed E-state index contributed by atoms with van der Waals surface area (Å²) < 4.78 is 63.6. The topological polar surface area (TPSA) is 161 Å². The second kappa shape index (κ2) is 11.9. The van der Waals surface area contributed by atoms with E-state index in [1.165, 1.54) is 48.7 Å². The molecule has 10 nitrogen and oxygen atoms in total. The molecule has 1 aromatic heterocycles. The Morgan fingerprint density at radius 1 is 1.00 bits per heavy atom. The summed E-state index contributed by atoms with van der Waals surface area (Å²) in [4.78, 5) is 21.9. The van der Waals surface area contributed by atoms with Gasteiger partial charge in [0.15, 0.2) is 9.84 Å². The Labute approximate surface area is 241 Å². The summed E-state index contributed by atoms with van der Waals surface area (Å²) in [7, 11) is -7.57. The zero-order valence-corrected chi connectivity index (χ0v) is 24.2. The quantitative estimate of drug-likeness (QED) is 0.244. The summed E-state index contributed by atoms with van der Waals surface area (Å²) in [5, 5.41) is 9.79. The molecule has 214 valence electrons. The molecule has 0 aliphatic heterocycles. The van der Waals surface area contributed by atoms with E-state index in [2.05, 4.69) is 20.6 Å². The van der Waals surface area contributed by atoms with Crippen molar-refractivity contribution in [2.45, 2.75) is 35.3 Å². The van der Waals surface area contributed by atoms with E-state index in [4.69, 9.17) is 16.7 Å². The number of hydrogen-bond donors (Lipinski definition) is 3. The molecule has 0 radical (unpaired) electrons. The van der Waals surface area contributed by atoms with Crippen LogP contribution in [0.4, 0.5) is 21.7 Å². The van der Waals surface area contributed by atoms with Crippen LogP contribution >= 0.6 is 11.6 Å². The molecule has 3 aromatic carbocycles. The number of primary sulfonamides is 1. The number of nitrogens with one attached hydrogen (secondary N) is 2. The Hall–Kier alpha value is -3.91. The highest BCUT2D eigenvalue weighted by Gasteiger charge is 2.25. The Morgan fingerprint density at radius 2 is 1.68 bits per heavy atom. The molecule has 0 unspecified atom stereocenters. The number of benzene rings is 3. The molecule has 14 heteroatoms. The summed E-state index contributed by atoms with van der Waals surface area (Å²) >= 11 is 6.08. The molecule has 41 heavy (non-hydrogen) atoms. The number of hydrogen-bond acceptors (Lipinski definition) is 8. The van der Waals surface area contributed by atoms with Crippen molar-refractivity contribution in [3.8, 4) is 0 Å². The first-order valence-electron chi connectivity index (χ1n) is 12.1. The smallest absolute Gasteiger partial charge is 0.259 e. The van der Waals surface area contributed by atoms with Crippen molar-refractivity contribution >= 4 is 54.7 Å². The van der Waals surface area contributed by atoms with Gasteiger partial charge in [-0.15, -0.1) is 0 Å². The average molecular weight is 618 g/mol. The molecule has 0 fully saturated rings. The van der Waals surface area contributed by atoms with Crippen LogP contribution in [0.1, 0.15) is 35.5 Å². The third-order valence-electron chi connectivity index (χ3n) is 6.01. The molecule has 4 aromatic rings. The molecule has 0 bridgehead atoms. The van der Waals surface area contributed by atoms with E-state index in [0.29, 0.717) is 11.3 Å².